The highest BCUT2D eigenvalue weighted by molar-refractivity contribution is 5.93. The van der Waals surface area contributed by atoms with Gasteiger partial charge in [-0.3, -0.25) is 4.79 Å². The molecule has 1 saturated carbocycles. The fraction of sp³-hybridized carbons (Fsp3) is 0.727. The van der Waals surface area contributed by atoms with E-state index in [0.717, 1.165) is 6.42 Å². The molecule has 0 saturated heterocycles. The van der Waals surface area contributed by atoms with Crippen LogP contribution in [0.2, 0.25) is 0 Å². The third kappa shape index (κ3) is 1.24. The first kappa shape index (κ1) is 8.95. The van der Waals surface area contributed by atoms with Crippen molar-refractivity contribution in [2.24, 2.45) is 23.7 Å². The molecule has 2 rings (SSSR count). The van der Waals surface area contributed by atoms with Crippen LogP contribution in [-0.4, -0.2) is 17.0 Å². The zero-order valence-electron chi connectivity index (χ0n) is 8.10. The Hall–Kier alpha value is -0.630. The van der Waals surface area contributed by atoms with Crippen molar-refractivity contribution in [3.63, 3.8) is 0 Å². The van der Waals surface area contributed by atoms with Crippen molar-refractivity contribution < 1.29 is 9.90 Å². The molecule has 72 valence electrons. The minimum absolute atomic E-state index is 0.0787. The maximum atomic E-state index is 11.6. The number of ketones is 1. The van der Waals surface area contributed by atoms with E-state index in [1.54, 1.807) is 6.08 Å². The Morgan fingerprint density at radius 1 is 1.46 bits per heavy atom. The predicted molar refractivity (Wildman–Crippen MR) is 50.1 cm³/mol. The van der Waals surface area contributed by atoms with Crippen molar-refractivity contribution in [2.45, 2.75) is 26.4 Å². The molecule has 2 aliphatic rings. The SMILES string of the molecule is C[C@@H]1[C@H]2C(=O)C=C[C@H](C)[C@@H]2C[C@@H]1O. The predicted octanol–water partition coefficient (Wildman–Crippen LogP) is 1.39. The van der Waals surface area contributed by atoms with E-state index in [1.165, 1.54) is 0 Å². The standard InChI is InChI=1S/C11H16O2/c1-6-3-4-9(12)11-7(2)10(13)5-8(6)11/h3-4,6-8,10-11,13H,5H2,1-2H3/t6-,7-,8-,10-,11+/m0/s1. The Morgan fingerprint density at radius 3 is 2.77 bits per heavy atom. The van der Waals surface area contributed by atoms with E-state index in [4.69, 9.17) is 0 Å². The normalized spacial score (nSPS) is 49.5. The van der Waals surface area contributed by atoms with Gasteiger partial charge in [-0.25, -0.2) is 0 Å². The van der Waals surface area contributed by atoms with Crippen molar-refractivity contribution in [1.82, 2.24) is 0 Å². The summed E-state index contributed by atoms with van der Waals surface area (Å²) in [7, 11) is 0. The summed E-state index contributed by atoms with van der Waals surface area (Å²) in [6.45, 7) is 4.12. The molecule has 1 fully saturated rings. The fourth-order valence-electron chi connectivity index (χ4n) is 2.78. The van der Waals surface area contributed by atoms with Gasteiger partial charge >= 0.3 is 0 Å². The van der Waals surface area contributed by atoms with Gasteiger partial charge in [-0.05, 0) is 30.3 Å². The Morgan fingerprint density at radius 2 is 2.15 bits per heavy atom. The van der Waals surface area contributed by atoms with Gasteiger partial charge in [0.25, 0.3) is 0 Å². The summed E-state index contributed by atoms with van der Waals surface area (Å²) < 4.78 is 0. The zero-order valence-corrected chi connectivity index (χ0v) is 8.10. The van der Waals surface area contributed by atoms with Crippen molar-refractivity contribution in [3.05, 3.63) is 12.2 Å². The largest absolute Gasteiger partial charge is 0.393 e. The monoisotopic (exact) mass is 180 g/mol. The number of carbonyl (C=O) groups excluding carboxylic acids is 1. The van der Waals surface area contributed by atoms with E-state index < -0.39 is 0 Å². The van der Waals surface area contributed by atoms with Gasteiger partial charge in [0.2, 0.25) is 0 Å². The van der Waals surface area contributed by atoms with E-state index >= 15 is 0 Å². The minimum atomic E-state index is -0.277. The first-order valence-corrected chi connectivity index (χ1v) is 5.01. The Bertz CT molecular complexity index is 257. The average Bonchev–Trinajstić information content (AvgIpc) is 2.38. The lowest BCUT2D eigenvalue weighted by Crippen LogP contribution is -2.29. The van der Waals surface area contributed by atoms with E-state index in [-0.39, 0.29) is 23.7 Å². The van der Waals surface area contributed by atoms with E-state index in [1.807, 2.05) is 13.0 Å². The number of aliphatic hydroxyl groups excluding tert-OH is 1. The second kappa shape index (κ2) is 2.95. The Kier molecular flexibility index (Phi) is 2.03. The van der Waals surface area contributed by atoms with Crippen LogP contribution in [0.25, 0.3) is 0 Å². The van der Waals surface area contributed by atoms with Crippen molar-refractivity contribution in [1.29, 1.82) is 0 Å². The lowest BCUT2D eigenvalue weighted by Gasteiger charge is -2.27. The highest BCUT2D eigenvalue weighted by atomic mass is 16.3. The summed E-state index contributed by atoms with van der Waals surface area (Å²) in [5.74, 6) is 1.26. The molecule has 0 unspecified atom stereocenters. The molecule has 0 amide bonds. The summed E-state index contributed by atoms with van der Waals surface area (Å²) >= 11 is 0. The number of rotatable bonds is 0. The molecule has 0 heterocycles. The molecule has 13 heavy (non-hydrogen) atoms. The number of hydrogen-bond acceptors (Lipinski definition) is 2. The molecule has 2 heteroatoms. The van der Waals surface area contributed by atoms with Crippen molar-refractivity contribution in [3.8, 4) is 0 Å². The maximum absolute atomic E-state index is 11.6. The molecule has 0 radical (unpaired) electrons. The molecule has 0 aliphatic heterocycles. The number of allylic oxidation sites excluding steroid dienone is 2. The third-order valence-corrected chi connectivity index (χ3v) is 3.72. The number of fused-ring (bicyclic) bond motifs is 1. The molecule has 0 aromatic heterocycles. The zero-order chi connectivity index (χ0) is 9.59. The molecule has 0 spiro atoms. The van der Waals surface area contributed by atoms with Crippen LogP contribution in [0.5, 0.6) is 0 Å². The van der Waals surface area contributed by atoms with Gasteiger partial charge in [-0.1, -0.05) is 19.9 Å². The lowest BCUT2D eigenvalue weighted by molar-refractivity contribution is -0.121. The van der Waals surface area contributed by atoms with Crippen LogP contribution < -0.4 is 0 Å². The van der Waals surface area contributed by atoms with Gasteiger partial charge in [-0.15, -0.1) is 0 Å². The highest BCUT2D eigenvalue weighted by Crippen LogP contribution is 2.44. The van der Waals surface area contributed by atoms with Gasteiger partial charge in [0.05, 0.1) is 6.10 Å². The van der Waals surface area contributed by atoms with E-state index in [9.17, 15) is 9.90 Å². The first-order chi connectivity index (χ1) is 6.11. The molecule has 1 N–H and O–H groups in total. The lowest BCUT2D eigenvalue weighted by atomic mass is 9.76. The Balaban J connectivity index is 2.29. The maximum Gasteiger partial charge on any atom is 0.159 e. The third-order valence-electron chi connectivity index (χ3n) is 3.72. The second-order valence-corrected chi connectivity index (χ2v) is 4.47. The molecular weight excluding hydrogens is 164 g/mol. The van der Waals surface area contributed by atoms with Gasteiger partial charge in [0.15, 0.2) is 5.78 Å². The molecule has 0 bridgehead atoms. The summed E-state index contributed by atoms with van der Waals surface area (Å²) in [5, 5.41) is 9.68. The Labute approximate surface area is 78.6 Å². The first-order valence-electron chi connectivity index (χ1n) is 5.01. The average molecular weight is 180 g/mol. The molecule has 2 aliphatic carbocycles. The summed E-state index contributed by atoms with van der Waals surface area (Å²) in [6.07, 6.45) is 4.19. The van der Waals surface area contributed by atoms with Crippen LogP contribution in [0.3, 0.4) is 0 Å². The van der Waals surface area contributed by atoms with Crippen molar-refractivity contribution in [2.75, 3.05) is 0 Å². The van der Waals surface area contributed by atoms with Crippen LogP contribution in [0.4, 0.5) is 0 Å². The number of aliphatic hydroxyl groups is 1. The van der Waals surface area contributed by atoms with Gasteiger partial charge in [0, 0.05) is 5.92 Å². The van der Waals surface area contributed by atoms with Crippen LogP contribution in [0.1, 0.15) is 20.3 Å². The fourth-order valence-corrected chi connectivity index (χ4v) is 2.78. The summed E-state index contributed by atoms with van der Waals surface area (Å²) in [4.78, 5) is 11.6. The van der Waals surface area contributed by atoms with Gasteiger partial charge < -0.3 is 5.11 Å². The smallest absolute Gasteiger partial charge is 0.159 e. The summed E-state index contributed by atoms with van der Waals surface area (Å²) in [6, 6.07) is 0. The number of hydrogen-bond donors (Lipinski definition) is 1. The topological polar surface area (TPSA) is 37.3 Å². The molecular formula is C11H16O2. The minimum Gasteiger partial charge on any atom is -0.393 e. The van der Waals surface area contributed by atoms with Crippen LogP contribution in [-0.2, 0) is 4.79 Å². The van der Waals surface area contributed by atoms with Crippen LogP contribution >= 0.6 is 0 Å². The van der Waals surface area contributed by atoms with Gasteiger partial charge in [-0.2, -0.15) is 0 Å². The van der Waals surface area contributed by atoms with Gasteiger partial charge in [0.1, 0.15) is 0 Å². The summed E-state index contributed by atoms with van der Waals surface area (Å²) in [5.41, 5.74) is 0. The quantitative estimate of drug-likeness (QED) is 0.611. The molecule has 5 atom stereocenters. The van der Waals surface area contributed by atoms with E-state index in [2.05, 4.69) is 6.92 Å². The van der Waals surface area contributed by atoms with E-state index in [0.29, 0.717) is 11.8 Å². The molecule has 2 nitrogen and oxygen atoms in total. The van der Waals surface area contributed by atoms with Crippen LogP contribution in [0.15, 0.2) is 12.2 Å². The van der Waals surface area contributed by atoms with Crippen LogP contribution in [0, 0.1) is 23.7 Å². The molecule has 0 aromatic rings. The van der Waals surface area contributed by atoms with Crippen molar-refractivity contribution >= 4 is 5.78 Å². The molecule has 0 aromatic carbocycles. The number of carbonyl (C=O) groups is 1. The highest BCUT2D eigenvalue weighted by Gasteiger charge is 2.46. The second-order valence-electron chi connectivity index (χ2n) is 4.47.